The molecule has 0 saturated carbocycles. The van der Waals surface area contributed by atoms with Crippen molar-refractivity contribution in [2.24, 2.45) is 0 Å². The van der Waals surface area contributed by atoms with E-state index in [1.807, 2.05) is 30.3 Å². The number of alkyl halides is 3. The molecule has 29 heavy (non-hydrogen) atoms. The highest BCUT2D eigenvalue weighted by molar-refractivity contribution is 6.01. The van der Waals surface area contributed by atoms with Crippen molar-refractivity contribution in [3.8, 4) is 0 Å². The summed E-state index contributed by atoms with van der Waals surface area (Å²) < 4.78 is 39.0. The Labute approximate surface area is 165 Å². The average Bonchev–Trinajstić information content (AvgIpc) is 3.02. The summed E-state index contributed by atoms with van der Waals surface area (Å²) in [5.41, 5.74) is 1.42. The van der Waals surface area contributed by atoms with Gasteiger partial charge in [-0.25, -0.2) is 4.79 Å². The maximum atomic E-state index is 13.1. The zero-order valence-corrected chi connectivity index (χ0v) is 15.5. The Morgan fingerprint density at radius 2 is 1.79 bits per heavy atom. The fourth-order valence-corrected chi connectivity index (χ4v) is 3.71. The van der Waals surface area contributed by atoms with E-state index in [0.717, 1.165) is 17.7 Å². The van der Waals surface area contributed by atoms with E-state index in [1.165, 1.54) is 15.9 Å². The van der Waals surface area contributed by atoms with Gasteiger partial charge in [-0.3, -0.25) is 9.69 Å². The van der Waals surface area contributed by atoms with Crippen LogP contribution in [0.25, 0.3) is 0 Å². The molecule has 0 bridgehead atoms. The van der Waals surface area contributed by atoms with Crippen LogP contribution in [0.4, 0.5) is 18.0 Å². The summed E-state index contributed by atoms with van der Waals surface area (Å²) in [6.07, 6.45) is -4.45. The van der Waals surface area contributed by atoms with Gasteiger partial charge in [0.1, 0.15) is 0 Å². The van der Waals surface area contributed by atoms with Gasteiger partial charge in [0.25, 0.3) is 5.91 Å². The van der Waals surface area contributed by atoms with E-state index in [4.69, 9.17) is 0 Å². The second kappa shape index (κ2) is 6.95. The molecule has 1 unspecified atom stereocenters. The van der Waals surface area contributed by atoms with Gasteiger partial charge in [-0.15, -0.1) is 0 Å². The van der Waals surface area contributed by atoms with E-state index in [9.17, 15) is 22.8 Å². The second-order valence-electron chi connectivity index (χ2n) is 7.07. The molecule has 0 aromatic heterocycles. The summed E-state index contributed by atoms with van der Waals surface area (Å²) in [4.78, 5) is 28.4. The summed E-state index contributed by atoms with van der Waals surface area (Å²) >= 11 is 0. The minimum Gasteiger partial charge on any atom is -0.329 e. The number of hydrogen-bond donors (Lipinski definition) is 1. The Morgan fingerprint density at radius 1 is 1.07 bits per heavy atom. The number of amides is 3. The van der Waals surface area contributed by atoms with Crippen molar-refractivity contribution < 1.29 is 22.8 Å². The maximum absolute atomic E-state index is 13.1. The molecule has 0 spiro atoms. The van der Waals surface area contributed by atoms with E-state index in [0.29, 0.717) is 16.8 Å². The van der Waals surface area contributed by atoms with Gasteiger partial charge in [-0.2, -0.15) is 13.2 Å². The van der Waals surface area contributed by atoms with E-state index < -0.39 is 17.8 Å². The van der Waals surface area contributed by atoms with Crippen LogP contribution in [-0.4, -0.2) is 35.3 Å². The quantitative estimate of drug-likeness (QED) is 0.853. The molecule has 2 heterocycles. The first kappa shape index (κ1) is 19.0. The maximum Gasteiger partial charge on any atom is 0.416 e. The predicted octanol–water partition coefficient (Wildman–Crippen LogP) is 3.70. The highest BCUT2D eigenvalue weighted by Gasteiger charge is 2.42. The third-order valence-corrected chi connectivity index (χ3v) is 5.20. The zero-order valence-electron chi connectivity index (χ0n) is 15.5. The molecule has 3 amide bonds. The normalized spacial score (nSPS) is 19.5. The van der Waals surface area contributed by atoms with Crippen molar-refractivity contribution in [3.63, 3.8) is 0 Å². The molecule has 0 saturated heterocycles. The minimum atomic E-state index is -4.45. The fourth-order valence-electron chi connectivity index (χ4n) is 3.71. The fraction of sp³-hybridized carbons (Fsp3) is 0.238. The Hall–Kier alpha value is -3.29. The number of nitrogens with one attached hydrogen (secondary N) is 1. The molecule has 2 aromatic carbocycles. The Kier molecular flexibility index (Phi) is 4.56. The van der Waals surface area contributed by atoms with E-state index in [2.05, 4.69) is 5.32 Å². The molecular formula is C21H18F3N3O2. The number of benzene rings is 2. The molecule has 8 heteroatoms. The lowest BCUT2D eigenvalue weighted by Gasteiger charge is -2.31. The van der Waals surface area contributed by atoms with Gasteiger partial charge < -0.3 is 10.2 Å². The van der Waals surface area contributed by atoms with Crippen molar-refractivity contribution in [1.82, 2.24) is 15.1 Å². The molecule has 1 atom stereocenters. The lowest BCUT2D eigenvalue weighted by Crippen LogP contribution is -2.45. The van der Waals surface area contributed by atoms with Crippen LogP contribution in [-0.2, 0) is 17.5 Å². The molecule has 1 N–H and O–H groups in total. The number of rotatable bonds is 3. The van der Waals surface area contributed by atoms with E-state index in [-0.39, 0.29) is 25.0 Å². The largest absolute Gasteiger partial charge is 0.416 e. The summed E-state index contributed by atoms with van der Waals surface area (Å²) in [7, 11) is 1.58. The van der Waals surface area contributed by atoms with Gasteiger partial charge in [-0.1, -0.05) is 42.5 Å². The van der Waals surface area contributed by atoms with Crippen molar-refractivity contribution in [2.75, 3.05) is 13.6 Å². The summed E-state index contributed by atoms with van der Waals surface area (Å²) in [6.45, 7) is 0.191. The van der Waals surface area contributed by atoms with E-state index >= 15 is 0 Å². The number of urea groups is 1. The summed E-state index contributed by atoms with van der Waals surface area (Å²) in [5, 5.41) is 2.83. The van der Waals surface area contributed by atoms with Gasteiger partial charge in [0.05, 0.1) is 29.4 Å². The van der Waals surface area contributed by atoms with Crippen LogP contribution < -0.4 is 5.32 Å². The standard InChI is InChI=1S/C21H18F3N3O2/c1-26-16-12-27(11-13-6-5-9-15(10-13)21(22,23)24)19(28)17(16)18(25-20(26)29)14-7-3-2-4-8-14/h2-10,18H,11-12H2,1H3,(H,25,29). The SMILES string of the molecule is CN1C(=O)NC(c2ccccc2)C2=C1CN(Cc1cccc(C(F)(F)F)c1)C2=O. The van der Waals surface area contributed by atoms with Crippen molar-refractivity contribution in [2.45, 2.75) is 18.8 Å². The van der Waals surface area contributed by atoms with Gasteiger partial charge in [0.2, 0.25) is 0 Å². The molecule has 4 rings (SSSR count). The molecule has 2 aromatic rings. The first-order chi connectivity index (χ1) is 13.8. The molecular weight excluding hydrogens is 383 g/mol. The van der Waals surface area contributed by atoms with E-state index in [1.54, 1.807) is 13.1 Å². The summed E-state index contributed by atoms with van der Waals surface area (Å²) in [6, 6.07) is 13.1. The smallest absolute Gasteiger partial charge is 0.329 e. The average molecular weight is 401 g/mol. The topological polar surface area (TPSA) is 52.7 Å². The van der Waals surface area contributed by atoms with Gasteiger partial charge >= 0.3 is 12.2 Å². The molecule has 150 valence electrons. The molecule has 0 fully saturated rings. The van der Waals surface area contributed by atoms with Gasteiger partial charge in [-0.05, 0) is 23.3 Å². The first-order valence-electron chi connectivity index (χ1n) is 9.03. The number of nitrogens with zero attached hydrogens (tertiary/aromatic N) is 2. The zero-order chi connectivity index (χ0) is 20.8. The predicted molar refractivity (Wildman–Crippen MR) is 99.4 cm³/mol. The minimum absolute atomic E-state index is 0.0271. The van der Waals surface area contributed by atoms with Crippen LogP contribution in [0.3, 0.4) is 0 Å². The molecule has 2 aliphatic heterocycles. The van der Waals surface area contributed by atoms with Crippen LogP contribution in [0.1, 0.15) is 22.7 Å². The lowest BCUT2D eigenvalue weighted by molar-refractivity contribution is -0.137. The van der Waals surface area contributed by atoms with Crippen LogP contribution in [0.15, 0.2) is 65.9 Å². The third-order valence-electron chi connectivity index (χ3n) is 5.20. The molecule has 0 aliphatic carbocycles. The van der Waals surface area contributed by atoms with Gasteiger partial charge in [0, 0.05) is 13.6 Å². The Bertz CT molecular complexity index is 1000. The number of halogens is 3. The molecule has 5 nitrogen and oxygen atoms in total. The van der Waals surface area contributed by atoms with Crippen LogP contribution in [0, 0.1) is 0 Å². The van der Waals surface area contributed by atoms with Crippen LogP contribution >= 0.6 is 0 Å². The van der Waals surface area contributed by atoms with Crippen molar-refractivity contribution in [1.29, 1.82) is 0 Å². The Balaban J connectivity index is 1.63. The highest BCUT2D eigenvalue weighted by Crippen LogP contribution is 2.36. The van der Waals surface area contributed by atoms with Gasteiger partial charge in [0.15, 0.2) is 0 Å². The second-order valence-corrected chi connectivity index (χ2v) is 7.07. The first-order valence-corrected chi connectivity index (χ1v) is 9.03. The highest BCUT2D eigenvalue weighted by atomic mass is 19.4. The number of carbonyl (C=O) groups is 2. The number of carbonyl (C=O) groups excluding carboxylic acids is 2. The number of hydrogen-bond acceptors (Lipinski definition) is 2. The van der Waals surface area contributed by atoms with Crippen LogP contribution in [0.5, 0.6) is 0 Å². The number of likely N-dealkylation sites (N-methyl/N-ethyl adjacent to an activating group) is 1. The molecule has 2 aliphatic rings. The Morgan fingerprint density at radius 3 is 2.48 bits per heavy atom. The summed E-state index contributed by atoms with van der Waals surface area (Å²) in [5.74, 6) is -0.293. The van der Waals surface area contributed by atoms with Crippen molar-refractivity contribution in [3.05, 3.63) is 82.6 Å². The monoisotopic (exact) mass is 401 g/mol. The lowest BCUT2D eigenvalue weighted by atomic mass is 9.96. The van der Waals surface area contributed by atoms with Crippen molar-refractivity contribution >= 4 is 11.9 Å². The van der Waals surface area contributed by atoms with Crippen LogP contribution in [0.2, 0.25) is 0 Å². The third kappa shape index (κ3) is 3.46. The molecule has 0 radical (unpaired) electrons.